The fourth-order valence-corrected chi connectivity index (χ4v) is 5.52. The number of halogens is 1. The van der Waals surface area contributed by atoms with E-state index in [1.54, 1.807) is 43.3 Å². The monoisotopic (exact) mass is 459 g/mol. The fourth-order valence-electron chi connectivity index (χ4n) is 2.94. The van der Waals surface area contributed by atoms with Crippen molar-refractivity contribution >= 4 is 27.0 Å². The first kappa shape index (κ1) is 21.0. The molecule has 0 amide bonds. The lowest BCUT2D eigenvalue weighted by Gasteiger charge is -2.12. The summed E-state index contributed by atoms with van der Waals surface area (Å²) in [5.74, 6) is 0.401. The molecule has 0 spiro atoms. The minimum absolute atomic E-state index is 0.101. The van der Waals surface area contributed by atoms with Crippen molar-refractivity contribution in [2.75, 3.05) is 11.3 Å². The first-order valence-corrected chi connectivity index (χ1v) is 11.6. The molecule has 0 radical (unpaired) electrons. The molecule has 10 heteroatoms. The van der Waals surface area contributed by atoms with E-state index in [9.17, 15) is 12.8 Å². The number of sulfonamides is 1. The SMILES string of the molecule is CCOc1ccccc1NS(=O)(=O)c1cc(-c2nc(-c3cccc(F)c3)no2)sc1C. The van der Waals surface area contributed by atoms with Crippen LogP contribution in [0.25, 0.3) is 22.2 Å². The minimum atomic E-state index is -3.88. The molecular formula is C21H18FN3O4S2. The van der Waals surface area contributed by atoms with Gasteiger partial charge in [0, 0.05) is 10.4 Å². The first-order chi connectivity index (χ1) is 14.9. The predicted molar refractivity (Wildman–Crippen MR) is 116 cm³/mol. The number of thiophene rings is 1. The van der Waals surface area contributed by atoms with Gasteiger partial charge in [-0.25, -0.2) is 12.8 Å². The number of aromatic nitrogens is 2. The van der Waals surface area contributed by atoms with Crippen LogP contribution in [0.2, 0.25) is 0 Å². The van der Waals surface area contributed by atoms with Crippen molar-refractivity contribution in [1.82, 2.24) is 10.1 Å². The smallest absolute Gasteiger partial charge is 0.268 e. The van der Waals surface area contributed by atoms with Crippen molar-refractivity contribution < 1.29 is 22.1 Å². The second-order valence-corrected chi connectivity index (χ2v) is 9.41. The summed E-state index contributed by atoms with van der Waals surface area (Å²) in [5, 5.41) is 3.88. The van der Waals surface area contributed by atoms with E-state index in [1.165, 1.54) is 29.5 Å². The molecule has 31 heavy (non-hydrogen) atoms. The molecule has 4 aromatic rings. The number of aryl methyl sites for hydroxylation is 1. The Morgan fingerprint density at radius 3 is 2.74 bits per heavy atom. The summed E-state index contributed by atoms with van der Waals surface area (Å²) in [5.41, 5.74) is 0.813. The van der Waals surface area contributed by atoms with E-state index in [0.29, 0.717) is 33.4 Å². The van der Waals surface area contributed by atoms with E-state index in [-0.39, 0.29) is 16.6 Å². The van der Waals surface area contributed by atoms with Crippen molar-refractivity contribution in [1.29, 1.82) is 0 Å². The standard InChI is InChI=1S/C21H18FN3O4S2/c1-3-28-17-10-5-4-9-16(17)25-31(26,27)19-12-18(30-13(19)2)21-23-20(24-29-21)14-7-6-8-15(22)11-14/h4-12,25H,3H2,1-2H3. The predicted octanol–water partition coefficient (Wildman–Crippen LogP) is 5.11. The maximum atomic E-state index is 13.5. The number of rotatable bonds is 7. The van der Waals surface area contributed by atoms with E-state index in [4.69, 9.17) is 9.26 Å². The van der Waals surface area contributed by atoms with Crippen molar-refractivity contribution in [2.45, 2.75) is 18.7 Å². The number of benzene rings is 2. The maximum Gasteiger partial charge on any atom is 0.268 e. The van der Waals surface area contributed by atoms with E-state index >= 15 is 0 Å². The quantitative estimate of drug-likeness (QED) is 0.413. The second-order valence-electron chi connectivity index (χ2n) is 6.50. The molecule has 0 aliphatic heterocycles. The van der Waals surface area contributed by atoms with Crippen molar-refractivity contribution in [3.05, 3.63) is 65.3 Å². The lowest BCUT2D eigenvalue weighted by Crippen LogP contribution is -2.14. The topological polar surface area (TPSA) is 94.3 Å². The summed E-state index contributed by atoms with van der Waals surface area (Å²) in [4.78, 5) is 5.43. The molecule has 0 saturated carbocycles. The van der Waals surface area contributed by atoms with Gasteiger partial charge in [0.25, 0.3) is 15.9 Å². The molecule has 7 nitrogen and oxygen atoms in total. The van der Waals surface area contributed by atoms with Crippen LogP contribution >= 0.6 is 11.3 Å². The van der Waals surface area contributed by atoms with Crippen LogP contribution in [-0.4, -0.2) is 25.2 Å². The first-order valence-electron chi connectivity index (χ1n) is 9.32. The molecule has 1 N–H and O–H groups in total. The molecule has 0 unspecified atom stereocenters. The van der Waals surface area contributed by atoms with Gasteiger partial charge in [-0.2, -0.15) is 4.98 Å². The van der Waals surface area contributed by atoms with Gasteiger partial charge in [0.1, 0.15) is 16.5 Å². The molecule has 0 aliphatic rings. The van der Waals surface area contributed by atoms with E-state index in [2.05, 4.69) is 14.9 Å². The molecule has 160 valence electrons. The molecule has 4 rings (SSSR count). The average Bonchev–Trinajstić information content (AvgIpc) is 3.37. The molecule has 0 bridgehead atoms. The van der Waals surface area contributed by atoms with E-state index in [1.807, 2.05) is 6.92 Å². The van der Waals surface area contributed by atoms with Gasteiger partial charge < -0.3 is 9.26 Å². The lowest BCUT2D eigenvalue weighted by atomic mass is 10.2. The highest BCUT2D eigenvalue weighted by Crippen LogP contribution is 2.35. The number of hydrogen-bond donors (Lipinski definition) is 1. The Balaban J connectivity index is 1.64. The molecule has 2 aromatic carbocycles. The Kier molecular flexibility index (Phi) is 5.75. The highest BCUT2D eigenvalue weighted by Gasteiger charge is 2.24. The zero-order valence-corrected chi connectivity index (χ0v) is 18.3. The third-order valence-corrected chi connectivity index (χ3v) is 6.97. The molecular weight excluding hydrogens is 441 g/mol. The summed E-state index contributed by atoms with van der Waals surface area (Å²) in [7, 11) is -3.88. The highest BCUT2D eigenvalue weighted by atomic mass is 32.2. The van der Waals surface area contributed by atoms with Gasteiger partial charge >= 0.3 is 0 Å². The number of nitrogens with one attached hydrogen (secondary N) is 1. The maximum absolute atomic E-state index is 13.5. The third kappa shape index (κ3) is 4.44. The Morgan fingerprint density at radius 2 is 1.97 bits per heavy atom. The van der Waals surface area contributed by atoms with Crippen LogP contribution < -0.4 is 9.46 Å². The van der Waals surface area contributed by atoms with Crippen LogP contribution in [0.4, 0.5) is 10.1 Å². The summed E-state index contributed by atoms with van der Waals surface area (Å²) in [6.07, 6.45) is 0. The summed E-state index contributed by atoms with van der Waals surface area (Å²) in [6, 6.07) is 14.1. The highest BCUT2D eigenvalue weighted by molar-refractivity contribution is 7.93. The zero-order valence-electron chi connectivity index (χ0n) is 16.6. The largest absolute Gasteiger partial charge is 0.492 e. The van der Waals surface area contributed by atoms with Crippen LogP contribution in [0.5, 0.6) is 5.75 Å². The number of nitrogens with zero attached hydrogens (tertiary/aromatic N) is 2. The molecule has 2 heterocycles. The fraction of sp³-hybridized carbons (Fsp3) is 0.143. The molecule has 0 aliphatic carbocycles. The van der Waals surface area contributed by atoms with Crippen LogP contribution in [0, 0.1) is 12.7 Å². The van der Waals surface area contributed by atoms with Crippen LogP contribution in [0.1, 0.15) is 11.8 Å². The second kappa shape index (κ2) is 8.48. The van der Waals surface area contributed by atoms with Crippen LogP contribution in [0.15, 0.2) is 64.0 Å². The van der Waals surface area contributed by atoms with Crippen LogP contribution in [0.3, 0.4) is 0 Å². The molecule has 2 aromatic heterocycles. The summed E-state index contributed by atoms with van der Waals surface area (Å²) < 4.78 is 52.9. The van der Waals surface area contributed by atoms with Crippen molar-refractivity contribution in [3.8, 4) is 27.9 Å². The summed E-state index contributed by atoms with van der Waals surface area (Å²) in [6.45, 7) is 3.93. The number of anilines is 1. The molecule has 0 fully saturated rings. The Morgan fingerprint density at radius 1 is 1.16 bits per heavy atom. The van der Waals surface area contributed by atoms with Gasteiger partial charge in [-0.05, 0) is 44.2 Å². The number of hydrogen-bond acceptors (Lipinski definition) is 7. The van der Waals surface area contributed by atoms with Crippen molar-refractivity contribution in [3.63, 3.8) is 0 Å². The zero-order chi connectivity index (χ0) is 22.0. The molecule has 0 atom stereocenters. The third-order valence-electron chi connectivity index (χ3n) is 4.31. The summed E-state index contributed by atoms with van der Waals surface area (Å²) >= 11 is 1.21. The normalized spacial score (nSPS) is 11.5. The van der Waals surface area contributed by atoms with Gasteiger partial charge in [0.05, 0.1) is 17.2 Å². The van der Waals surface area contributed by atoms with E-state index < -0.39 is 15.8 Å². The number of ether oxygens (including phenoxy) is 1. The van der Waals surface area contributed by atoms with Gasteiger partial charge in [-0.15, -0.1) is 11.3 Å². The Bertz CT molecular complexity index is 1330. The van der Waals surface area contributed by atoms with Crippen LogP contribution in [-0.2, 0) is 10.0 Å². The van der Waals surface area contributed by atoms with Gasteiger partial charge in [0.15, 0.2) is 0 Å². The Labute approximate surface area is 182 Å². The lowest BCUT2D eigenvalue weighted by molar-refractivity contribution is 0.342. The van der Waals surface area contributed by atoms with Gasteiger partial charge in [0.2, 0.25) is 5.82 Å². The van der Waals surface area contributed by atoms with Crippen molar-refractivity contribution in [2.24, 2.45) is 0 Å². The molecule has 0 saturated heterocycles. The number of para-hydroxylation sites is 2. The van der Waals surface area contributed by atoms with Gasteiger partial charge in [-0.3, -0.25) is 4.72 Å². The van der Waals surface area contributed by atoms with E-state index in [0.717, 1.165) is 0 Å². The average molecular weight is 460 g/mol. The Hall–Kier alpha value is -3.24. The minimum Gasteiger partial charge on any atom is -0.492 e. The van der Waals surface area contributed by atoms with Gasteiger partial charge in [-0.1, -0.05) is 29.4 Å².